The summed E-state index contributed by atoms with van der Waals surface area (Å²) in [4.78, 5) is 0. The molecular weight excluding hydrogens is 148 g/mol. The predicted octanol–water partition coefficient (Wildman–Crippen LogP) is 2.85. The molecular formula is C6H8F4. The van der Waals surface area contributed by atoms with E-state index in [0.29, 0.717) is 6.08 Å². The molecule has 0 rings (SSSR count). The van der Waals surface area contributed by atoms with Crippen molar-refractivity contribution in [1.29, 1.82) is 0 Å². The van der Waals surface area contributed by atoms with Crippen LogP contribution in [0.4, 0.5) is 17.6 Å². The summed E-state index contributed by atoms with van der Waals surface area (Å²) in [7, 11) is 0. The summed E-state index contributed by atoms with van der Waals surface area (Å²) in [5.41, 5.74) is 0. The lowest BCUT2D eigenvalue weighted by Crippen LogP contribution is -2.12. The third-order valence-corrected chi connectivity index (χ3v) is 0.995. The first-order valence-electron chi connectivity index (χ1n) is 2.77. The molecule has 0 aromatic heterocycles. The first-order valence-corrected chi connectivity index (χ1v) is 2.77. The van der Waals surface area contributed by atoms with Gasteiger partial charge in [-0.2, -0.15) is 0 Å². The van der Waals surface area contributed by atoms with Crippen LogP contribution in [0.15, 0.2) is 12.7 Å². The molecule has 0 atom stereocenters. The zero-order valence-electron chi connectivity index (χ0n) is 5.29. The fourth-order valence-electron chi connectivity index (χ4n) is 0.404. The maximum atomic E-state index is 12.1. The van der Waals surface area contributed by atoms with Crippen molar-refractivity contribution in [2.24, 2.45) is 0 Å². The van der Waals surface area contributed by atoms with Crippen molar-refractivity contribution in [2.45, 2.75) is 25.2 Å². The maximum Gasteiger partial charge on any atom is 0.266 e. The van der Waals surface area contributed by atoms with E-state index in [1.165, 1.54) is 0 Å². The molecule has 0 aromatic rings. The van der Waals surface area contributed by atoms with Crippen LogP contribution in [0.2, 0.25) is 0 Å². The second-order valence-corrected chi connectivity index (χ2v) is 1.89. The monoisotopic (exact) mass is 156 g/mol. The SMILES string of the molecule is C=CC(F)(F)CCC(F)F. The fraction of sp³-hybridized carbons (Fsp3) is 0.667. The van der Waals surface area contributed by atoms with E-state index in [9.17, 15) is 17.6 Å². The van der Waals surface area contributed by atoms with Gasteiger partial charge in [-0.15, -0.1) is 0 Å². The van der Waals surface area contributed by atoms with Gasteiger partial charge < -0.3 is 0 Å². The number of rotatable bonds is 4. The Hall–Kier alpha value is -0.540. The largest absolute Gasteiger partial charge is 0.266 e. The smallest absolute Gasteiger partial charge is 0.211 e. The Morgan fingerprint density at radius 1 is 1.40 bits per heavy atom. The molecule has 0 radical (unpaired) electrons. The predicted molar refractivity (Wildman–Crippen MR) is 30.4 cm³/mol. The fourth-order valence-corrected chi connectivity index (χ4v) is 0.404. The first kappa shape index (κ1) is 9.46. The molecule has 0 amide bonds. The molecule has 0 saturated heterocycles. The van der Waals surface area contributed by atoms with Gasteiger partial charge in [0.25, 0.3) is 5.92 Å². The van der Waals surface area contributed by atoms with E-state index in [4.69, 9.17) is 0 Å². The van der Waals surface area contributed by atoms with Crippen molar-refractivity contribution in [3.05, 3.63) is 12.7 Å². The van der Waals surface area contributed by atoms with Gasteiger partial charge >= 0.3 is 0 Å². The minimum Gasteiger partial charge on any atom is -0.211 e. The van der Waals surface area contributed by atoms with Crippen molar-refractivity contribution in [1.82, 2.24) is 0 Å². The van der Waals surface area contributed by atoms with E-state index in [0.717, 1.165) is 0 Å². The quantitative estimate of drug-likeness (QED) is 0.433. The topological polar surface area (TPSA) is 0 Å². The van der Waals surface area contributed by atoms with Crippen LogP contribution in [0.3, 0.4) is 0 Å². The lowest BCUT2D eigenvalue weighted by molar-refractivity contribution is 0.0205. The third-order valence-electron chi connectivity index (χ3n) is 0.995. The summed E-state index contributed by atoms with van der Waals surface area (Å²) >= 11 is 0. The van der Waals surface area contributed by atoms with Crippen LogP contribution < -0.4 is 0 Å². The second-order valence-electron chi connectivity index (χ2n) is 1.89. The van der Waals surface area contributed by atoms with Gasteiger partial charge in [0.05, 0.1) is 0 Å². The van der Waals surface area contributed by atoms with Gasteiger partial charge in [-0.1, -0.05) is 6.58 Å². The van der Waals surface area contributed by atoms with Crippen molar-refractivity contribution < 1.29 is 17.6 Å². The Morgan fingerprint density at radius 3 is 2.20 bits per heavy atom. The Balaban J connectivity index is 3.56. The number of allylic oxidation sites excluding steroid dienone is 1. The number of hydrogen-bond acceptors (Lipinski definition) is 0. The minimum atomic E-state index is -3.14. The zero-order chi connectivity index (χ0) is 8.20. The molecule has 0 N–H and O–H groups in total. The van der Waals surface area contributed by atoms with Gasteiger partial charge in [-0.3, -0.25) is 0 Å². The third kappa shape index (κ3) is 4.35. The number of halogens is 4. The molecule has 0 aliphatic rings. The molecule has 0 saturated carbocycles. The van der Waals surface area contributed by atoms with Crippen molar-refractivity contribution >= 4 is 0 Å². The summed E-state index contributed by atoms with van der Waals surface area (Å²) in [5, 5.41) is 0. The molecule has 0 bridgehead atoms. The van der Waals surface area contributed by atoms with Gasteiger partial charge in [0.1, 0.15) is 0 Å². The normalized spacial score (nSPS) is 12.1. The Labute approximate surface area is 56.5 Å². The van der Waals surface area contributed by atoms with Crippen LogP contribution in [0.5, 0.6) is 0 Å². The summed E-state index contributed by atoms with van der Waals surface area (Å²) in [6.45, 7) is 2.82. The van der Waals surface area contributed by atoms with Crippen LogP contribution in [0.1, 0.15) is 12.8 Å². The Kier molecular flexibility index (Phi) is 3.39. The lowest BCUT2D eigenvalue weighted by atomic mass is 10.2. The minimum absolute atomic E-state index is 0.384. The standard InChI is InChI=1S/C6H8F4/c1-2-6(9,10)4-3-5(7)8/h2,5H,1,3-4H2. The second kappa shape index (κ2) is 3.58. The van der Waals surface area contributed by atoms with Crippen LogP contribution in [-0.2, 0) is 0 Å². The van der Waals surface area contributed by atoms with Gasteiger partial charge in [0, 0.05) is 12.8 Å². The molecule has 0 nitrogen and oxygen atoms in total. The van der Waals surface area contributed by atoms with E-state index in [-0.39, 0.29) is 0 Å². The van der Waals surface area contributed by atoms with E-state index in [2.05, 4.69) is 6.58 Å². The van der Waals surface area contributed by atoms with E-state index < -0.39 is 25.2 Å². The molecule has 60 valence electrons. The van der Waals surface area contributed by atoms with E-state index in [1.807, 2.05) is 0 Å². The number of hydrogen-bond donors (Lipinski definition) is 0. The van der Waals surface area contributed by atoms with Crippen LogP contribution in [0, 0.1) is 0 Å². The van der Waals surface area contributed by atoms with Crippen LogP contribution >= 0.6 is 0 Å². The van der Waals surface area contributed by atoms with Gasteiger partial charge in [-0.05, 0) is 6.08 Å². The molecule has 0 heterocycles. The highest BCUT2D eigenvalue weighted by Gasteiger charge is 2.24. The highest BCUT2D eigenvalue weighted by atomic mass is 19.3. The molecule has 0 unspecified atom stereocenters. The van der Waals surface area contributed by atoms with E-state index in [1.54, 1.807) is 0 Å². The summed E-state index contributed by atoms with van der Waals surface area (Å²) < 4.78 is 46.8. The average molecular weight is 156 g/mol. The van der Waals surface area contributed by atoms with Crippen LogP contribution in [-0.4, -0.2) is 12.3 Å². The summed E-state index contributed by atoms with van der Waals surface area (Å²) in [5.74, 6) is -3.14. The Bertz CT molecular complexity index is 108. The molecule has 0 fully saturated rings. The zero-order valence-corrected chi connectivity index (χ0v) is 5.29. The van der Waals surface area contributed by atoms with Crippen molar-refractivity contribution in [2.75, 3.05) is 0 Å². The maximum absolute atomic E-state index is 12.1. The lowest BCUT2D eigenvalue weighted by Gasteiger charge is -2.09. The average Bonchev–Trinajstić information content (AvgIpc) is 1.85. The van der Waals surface area contributed by atoms with Crippen molar-refractivity contribution in [3.63, 3.8) is 0 Å². The first-order chi connectivity index (χ1) is 4.48. The van der Waals surface area contributed by atoms with Crippen LogP contribution in [0.25, 0.3) is 0 Å². The summed E-state index contributed by atoms with van der Waals surface area (Å²) in [6, 6.07) is 0. The summed E-state index contributed by atoms with van der Waals surface area (Å²) in [6.07, 6.45) is -3.88. The molecule has 0 aliphatic heterocycles. The molecule has 0 spiro atoms. The molecule has 4 heteroatoms. The molecule has 10 heavy (non-hydrogen) atoms. The highest BCUT2D eigenvalue weighted by molar-refractivity contribution is 4.86. The Morgan fingerprint density at radius 2 is 1.90 bits per heavy atom. The highest BCUT2D eigenvalue weighted by Crippen LogP contribution is 2.22. The molecule has 0 aliphatic carbocycles. The molecule has 0 aromatic carbocycles. The van der Waals surface area contributed by atoms with Gasteiger partial charge in [0.2, 0.25) is 6.43 Å². The number of alkyl halides is 4. The van der Waals surface area contributed by atoms with E-state index >= 15 is 0 Å². The van der Waals surface area contributed by atoms with Crippen molar-refractivity contribution in [3.8, 4) is 0 Å². The van der Waals surface area contributed by atoms with Gasteiger partial charge in [-0.25, -0.2) is 17.6 Å². The van der Waals surface area contributed by atoms with Gasteiger partial charge in [0.15, 0.2) is 0 Å².